The van der Waals surface area contributed by atoms with Crippen molar-refractivity contribution in [1.29, 1.82) is 0 Å². The Bertz CT molecular complexity index is 1180. The van der Waals surface area contributed by atoms with E-state index in [0.29, 0.717) is 17.3 Å². The van der Waals surface area contributed by atoms with Crippen LogP contribution < -0.4 is 9.47 Å². The fourth-order valence-electron chi connectivity index (χ4n) is 2.94. The summed E-state index contributed by atoms with van der Waals surface area (Å²) in [6.45, 7) is 0. The second-order valence-electron chi connectivity index (χ2n) is 5.85. The van der Waals surface area contributed by atoms with Crippen LogP contribution >= 0.6 is 0 Å². The zero-order valence-electron chi connectivity index (χ0n) is 14.5. The van der Waals surface area contributed by atoms with Crippen LogP contribution in [0.4, 0.5) is 0 Å². The minimum Gasteiger partial charge on any atom is -0.493 e. The van der Waals surface area contributed by atoms with Crippen molar-refractivity contribution in [2.45, 2.75) is 0 Å². The molecular formula is C22H16N2O2. The van der Waals surface area contributed by atoms with Crippen LogP contribution in [0.2, 0.25) is 0 Å². The molecule has 26 heavy (non-hydrogen) atoms. The molecule has 0 atom stereocenters. The van der Waals surface area contributed by atoms with Gasteiger partial charge in [-0.3, -0.25) is 0 Å². The number of rotatable bonds is 2. The minimum atomic E-state index is 0.361. The van der Waals surface area contributed by atoms with Crippen molar-refractivity contribution in [3.05, 3.63) is 60.6 Å². The van der Waals surface area contributed by atoms with Gasteiger partial charge in [-0.15, -0.1) is 6.42 Å². The fraction of sp³-hybridized carbons (Fsp3) is 0.0909. The summed E-state index contributed by atoms with van der Waals surface area (Å²) in [5.74, 6) is 4.02. The Morgan fingerprint density at radius 3 is 2.42 bits per heavy atom. The normalized spacial score (nSPS) is 10.7. The van der Waals surface area contributed by atoms with Gasteiger partial charge in [-0.2, -0.15) is 0 Å². The van der Waals surface area contributed by atoms with Crippen molar-refractivity contribution in [3.63, 3.8) is 0 Å². The predicted molar refractivity (Wildman–Crippen MR) is 104 cm³/mol. The van der Waals surface area contributed by atoms with Gasteiger partial charge in [0.05, 0.1) is 19.7 Å². The van der Waals surface area contributed by atoms with Gasteiger partial charge < -0.3 is 9.47 Å². The molecule has 2 aliphatic carbocycles. The molecule has 2 aromatic carbocycles. The first-order valence-corrected chi connectivity index (χ1v) is 8.12. The first-order chi connectivity index (χ1) is 12.7. The van der Waals surface area contributed by atoms with E-state index in [1.54, 1.807) is 26.5 Å². The van der Waals surface area contributed by atoms with Crippen LogP contribution in [0, 0.1) is 12.3 Å². The Morgan fingerprint density at radius 2 is 1.69 bits per heavy atom. The molecule has 0 aliphatic heterocycles. The lowest BCUT2D eigenvalue weighted by Gasteiger charge is -2.08. The summed E-state index contributed by atoms with van der Waals surface area (Å²) in [6.07, 6.45) is 6.90. The summed E-state index contributed by atoms with van der Waals surface area (Å²) in [5, 5.41) is 3.66. The Morgan fingerprint density at radius 1 is 0.923 bits per heavy atom. The van der Waals surface area contributed by atoms with Gasteiger partial charge in [0.15, 0.2) is 11.5 Å². The fourth-order valence-corrected chi connectivity index (χ4v) is 2.94. The molecule has 0 unspecified atom stereocenters. The first kappa shape index (κ1) is 15.9. The second-order valence-corrected chi connectivity index (χ2v) is 5.85. The van der Waals surface area contributed by atoms with E-state index in [4.69, 9.17) is 15.9 Å². The molecule has 0 saturated heterocycles. The smallest absolute Gasteiger partial charge is 0.205 e. The molecule has 0 fully saturated rings. The van der Waals surface area contributed by atoms with Gasteiger partial charge in [-0.05, 0) is 46.0 Å². The molecule has 5 rings (SSSR count). The van der Waals surface area contributed by atoms with Crippen molar-refractivity contribution in [2.75, 3.05) is 14.2 Å². The van der Waals surface area contributed by atoms with Gasteiger partial charge in [0.2, 0.25) is 5.82 Å². The molecular weight excluding hydrogens is 324 g/mol. The topological polar surface area (TPSA) is 44.2 Å². The zero-order valence-corrected chi connectivity index (χ0v) is 14.5. The highest BCUT2D eigenvalue weighted by atomic mass is 16.5. The zero-order chi connectivity index (χ0) is 18.1. The van der Waals surface area contributed by atoms with Crippen LogP contribution in [0.25, 0.3) is 32.8 Å². The van der Waals surface area contributed by atoms with E-state index in [-0.39, 0.29) is 0 Å². The van der Waals surface area contributed by atoms with Gasteiger partial charge in [0.1, 0.15) is 0 Å². The molecule has 1 heterocycles. The number of hydrogen-bond donors (Lipinski definition) is 0. The highest BCUT2D eigenvalue weighted by Gasteiger charge is 2.15. The minimum absolute atomic E-state index is 0.361. The van der Waals surface area contributed by atoms with Crippen molar-refractivity contribution >= 4 is 21.7 Å². The van der Waals surface area contributed by atoms with Gasteiger partial charge >= 0.3 is 0 Å². The van der Waals surface area contributed by atoms with E-state index in [0.717, 1.165) is 10.9 Å². The van der Waals surface area contributed by atoms with Crippen molar-refractivity contribution < 1.29 is 9.47 Å². The molecule has 126 valence electrons. The summed E-state index contributed by atoms with van der Waals surface area (Å²) in [5.41, 5.74) is 3.62. The third-order valence-corrected chi connectivity index (χ3v) is 4.30. The summed E-state index contributed by atoms with van der Waals surface area (Å²) in [6, 6.07) is 16.6. The molecule has 4 heteroatoms. The Hall–Kier alpha value is -3.58. The summed E-state index contributed by atoms with van der Waals surface area (Å²) in [4.78, 5) is 8.21. The third kappa shape index (κ3) is 2.80. The van der Waals surface area contributed by atoms with Crippen molar-refractivity contribution in [2.24, 2.45) is 0 Å². The molecule has 1 aromatic heterocycles. The maximum atomic E-state index is 5.24. The maximum Gasteiger partial charge on any atom is 0.205 e. The Kier molecular flexibility index (Phi) is 3.91. The molecule has 0 N–H and O–H groups in total. The molecule has 0 spiro atoms. The lowest BCUT2D eigenvalue weighted by Crippen LogP contribution is -1.94. The van der Waals surface area contributed by atoms with E-state index in [9.17, 15) is 0 Å². The molecule has 4 nitrogen and oxygen atoms in total. The quantitative estimate of drug-likeness (QED) is 0.445. The van der Waals surface area contributed by atoms with Crippen LogP contribution in [-0.4, -0.2) is 24.2 Å². The van der Waals surface area contributed by atoms with Gasteiger partial charge in [0, 0.05) is 17.6 Å². The van der Waals surface area contributed by atoms with E-state index in [1.165, 1.54) is 21.9 Å². The molecule has 0 bridgehead atoms. The number of ether oxygens (including phenoxy) is 2. The predicted octanol–water partition coefficient (Wildman–Crippen LogP) is 4.45. The van der Waals surface area contributed by atoms with Crippen molar-refractivity contribution in [3.8, 4) is 35.0 Å². The molecule has 0 saturated carbocycles. The van der Waals surface area contributed by atoms with E-state index < -0.39 is 0 Å². The Balaban J connectivity index is 0.000000142. The summed E-state index contributed by atoms with van der Waals surface area (Å²) in [7, 11) is 3.16. The highest BCUT2D eigenvalue weighted by Crippen LogP contribution is 2.42. The average molecular weight is 340 g/mol. The largest absolute Gasteiger partial charge is 0.493 e. The van der Waals surface area contributed by atoms with Crippen molar-refractivity contribution in [1.82, 2.24) is 9.97 Å². The van der Waals surface area contributed by atoms with Crippen LogP contribution in [0.5, 0.6) is 11.5 Å². The SMILES string of the molecule is C#Cc1ncc2cc(OC)c(OC)cc2n1.c1ccc2c3cc-3cc2c1. The summed E-state index contributed by atoms with van der Waals surface area (Å²) >= 11 is 0. The van der Waals surface area contributed by atoms with E-state index >= 15 is 0 Å². The third-order valence-electron chi connectivity index (χ3n) is 4.30. The number of nitrogens with zero attached hydrogens (tertiary/aromatic N) is 2. The van der Waals surface area contributed by atoms with Crippen LogP contribution in [-0.2, 0) is 0 Å². The van der Waals surface area contributed by atoms with Crippen LogP contribution in [0.15, 0.2) is 54.7 Å². The van der Waals surface area contributed by atoms with E-state index in [1.807, 2.05) is 6.07 Å². The van der Waals surface area contributed by atoms with Gasteiger partial charge in [0.25, 0.3) is 0 Å². The number of aromatic nitrogens is 2. The average Bonchev–Trinajstić information content (AvgIpc) is 3.38. The molecule has 0 amide bonds. The first-order valence-electron chi connectivity index (χ1n) is 8.12. The van der Waals surface area contributed by atoms with Crippen LogP contribution in [0.3, 0.4) is 0 Å². The highest BCUT2D eigenvalue weighted by molar-refractivity contribution is 6.09. The summed E-state index contributed by atoms with van der Waals surface area (Å²) < 4.78 is 10.4. The standard InChI is InChI=1S/C12H10N2O2.C10H6/c1-4-12-13-7-8-5-10(15-2)11(16-3)6-9(8)14-12;1-2-4-9-7(3-1)5-8-6-10(8)9/h1,5-7H,2-3H3;1-6H. The number of hydrogen-bond acceptors (Lipinski definition) is 4. The lowest BCUT2D eigenvalue weighted by atomic mass is 10.2. The molecule has 0 radical (unpaired) electrons. The maximum absolute atomic E-state index is 5.24. The molecule has 2 aliphatic rings. The number of fused-ring (bicyclic) bond motifs is 4. The number of terminal acetylenes is 1. The molecule has 3 aromatic rings. The van der Waals surface area contributed by atoms with Crippen LogP contribution in [0.1, 0.15) is 5.82 Å². The number of benzene rings is 3. The van der Waals surface area contributed by atoms with Gasteiger partial charge in [-0.25, -0.2) is 9.97 Å². The lowest BCUT2D eigenvalue weighted by molar-refractivity contribution is 0.356. The monoisotopic (exact) mass is 340 g/mol. The Labute approximate surface area is 151 Å². The number of methoxy groups -OCH3 is 2. The van der Waals surface area contributed by atoms with Gasteiger partial charge in [-0.1, -0.05) is 24.3 Å². The van der Waals surface area contributed by atoms with E-state index in [2.05, 4.69) is 52.3 Å². The second kappa shape index (κ2) is 6.38.